The molecule has 6 heteroatoms. The summed E-state index contributed by atoms with van der Waals surface area (Å²) >= 11 is 5.66. The Kier molecular flexibility index (Phi) is 8.11. The summed E-state index contributed by atoms with van der Waals surface area (Å²) in [5, 5.41) is 0.498. The average Bonchev–Trinajstić information content (AvgIpc) is 2.30. The van der Waals surface area contributed by atoms with E-state index in [9.17, 15) is 14.4 Å². The molecule has 0 N–H and O–H groups in total. The first kappa shape index (κ1) is 17.3. The molecule has 0 bridgehead atoms. The number of benzene rings is 1. The van der Waals surface area contributed by atoms with Crippen LogP contribution in [0.3, 0.4) is 0 Å². The Balaban J connectivity index is 0.00000289. The van der Waals surface area contributed by atoms with Crippen LogP contribution in [0, 0.1) is 0 Å². The van der Waals surface area contributed by atoms with E-state index in [0.717, 1.165) is 0 Å². The molecule has 18 heavy (non-hydrogen) atoms. The van der Waals surface area contributed by atoms with Crippen molar-refractivity contribution in [3.63, 3.8) is 0 Å². The van der Waals surface area contributed by atoms with Gasteiger partial charge in [-0.1, -0.05) is 11.6 Å². The van der Waals surface area contributed by atoms with Crippen LogP contribution in [0.5, 0.6) is 0 Å². The van der Waals surface area contributed by atoms with Crippen LogP contribution in [-0.4, -0.2) is 53.7 Å². The van der Waals surface area contributed by atoms with Crippen LogP contribution in [0.2, 0.25) is 5.02 Å². The SMILES string of the molecule is CCOC(=O)C(=O)CC(=O)c1ccc(Cl)cc1.[NaH]. The molecule has 0 aromatic heterocycles. The molecule has 0 aliphatic heterocycles. The van der Waals surface area contributed by atoms with Gasteiger partial charge in [-0.05, 0) is 31.2 Å². The normalized spacial score (nSPS) is 9.22. The summed E-state index contributed by atoms with van der Waals surface area (Å²) in [6.45, 7) is 1.70. The summed E-state index contributed by atoms with van der Waals surface area (Å²) in [5.41, 5.74) is 0.340. The maximum absolute atomic E-state index is 11.6. The third kappa shape index (κ3) is 5.31. The Morgan fingerprint density at radius 2 is 1.72 bits per heavy atom. The van der Waals surface area contributed by atoms with Crippen molar-refractivity contribution in [2.45, 2.75) is 13.3 Å². The van der Waals surface area contributed by atoms with Gasteiger partial charge in [-0.2, -0.15) is 0 Å². The van der Waals surface area contributed by atoms with Crippen molar-refractivity contribution in [3.8, 4) is 0 Å². The van der Waals surface area contributed by atoms with Crippen LogP contribution in [0.1, 0.15) is 23.7 Å². The third-order valence-electron chi connectivity index (χ3n) is 1.99. The topological polar surface area (TPSA) is 60.4 Å². The molecule has 0 amide bonds. The van der Waals surface area contributed by atoms with Gasteiger partial charge in [-0.3, -0.25) is 9.59 Å². The van der Waals surface area contributed by atoms with Crippen LogP contribution in [-0.2, 0) is 14.3 Å². The second kappa shape index (κ2) is 8.43. The number of hydrogen-bond donors (Lipinski definition) is 0. The standard InChI is InChI=1S/C12H11ClO4.Na.H/c1-2-17-12(16)11(15)7-10(14)8-3-5-9(13)6-4-8;;/h3-6H,2,7H2,1H3;;. The van der Waals surface area contributed by atoms with Gasteiger partial charge in [-0.25, -0.2) is 4.79 Å². The molecule has 0 saturated heterocycles. The van der Waals surface area contributed by atoms with E-state index in [2.05, 4.69) is 4.74 Å². The summed E-state index contributed by atoms with van der Waals surface area (Å²) in [4.78, 5) is 33.9. The van der Waals surface area contributed by atoms with E-state index in [4.69, 9.17) is 11.6 Å². The summed E-state index contributed by atoms with van der Waals surface area (Å²) in [7, 11) is 0. The third-order valence-corrected chi connectivity index (χ3v) is 2.24. The number of carbonyl (C=O) groups is 3. The Morgan fingerprint density at radius 1 is 1.17 bits per heavy atom. The van der Waals surface area contributed by atoms with Crippen LogP contribution in [0.25, 0.3) is 0 Å². The first-order valence-electron chi connectivity index (χ1n) is 5.03. The Hall–Kier alpha value is -0.680. The quantitative estimate of drug-likeness (QED) is 0.268. The number of Topliss-reactive ketones (excluding diaryl/α,β-unsaturated/α-hetero) is 2. The van der Waals surface area contributed by atoms with E-state index in [-0.39, 0.29) is 36.2 Å². The second-order valence-electron chi connectivity index (χ2n) is 3.25. The summed E-state index contributed by atoms with van der Waals surface area (Å²) in [6, 6.07) is 6.10. The van der Waals surface area contributed by atoms with Crippen LogP contribution in [0.15, 0.2) is 24.3 Å². The van der Waals surface area contributed by atoms with Crippen molar-refractivity contribution in [1.82, 2.24) is 0 Å². The number of halogens is 1. The van der Waals surface area contributed by atoms with Gasteiger partial charge in [0.05, 0.1) is 13.0 Å². The fourth-order valence-electron chi connectivity index (χ4n) is 1.17. The van der Waals surface area contributed by atoms with Crippen molar-refractivity contribution in [2.24, 2.45) is 0 Å². The van der Waals surface area contributed by atoms with Gasteiger partial charge in [0, 0.05) is 10.6 Å². The van der Waals surface area contributed by atoms with Crippen molar-refractivity contribution in [2.75, 3.05) is 6.61 Å². The van der Waals surface area contributed by atoms with Gasteiger partial charge in [0.1, 0.15) is 0 Å². The van der Waals surface area contributed by atoms with E-state index in [1.165, 1.54) is 12.1 Å². The molecule has 0 heterocycles. The number of esters is 1. The zero-order chi connectivity index (χ0) is 12.8. The zero-order valence-corrected chi connectivity index (χ0v) is 9.99. The molecule has 0 spiro atoms. The monoisotopic (exact) mass is 278 g/mol. The van der Waals surface area contributed by atoms with Crippen LogP contribution >= 0.6 is 11.6 Å². The molecular weight excluding hydrogens is 267 g/mol. The Morgan fingerprint density at radius 3 is 2.22 bits per heavy atom. The van der Waals surface area contributed by atoms with E-state index in [1.807, 2.05) is 0 Å². The van der Waals surface area contributed by atoms with Gasteiger partial charge < -0.3 is 4.74 Å². The van der Waals surface area contributed by atoms with Crippen molar-refractivity contribution in [3.05, 3.63) is 34.9 Å². The van der Waals surface area contributed by atoms with Gasteiger partial charge >= 0.3 is 35.5 Å². The zero-order valence-electron chi connectivity index (χ0n) is 9.23. The summed E-state index contributed by atoms with van der Waals surface area (Å²) in [5.74, 6) is -2.25. The van der Waals surface area contributed by atoms with Gasteiger partial charge in [0.2, 0.25) is 5.78 Å². The molecular formula is C12H12ClNaO4. The number of carbonyl (C=O) groups excluding carboxylic acids is 3. The first-order valence-corrected chi connectivity index (χ1v) is 5.41. The fraction of sp³-hybridized carbons (Fsp3) is 0.250. The van der Waals surface area contributed by atoms with E-state index in [1.54, 1.807) is 19.1 Å². The number of rotatable bonds is 5. The van der Waals surface area contributed by atoms with Crippen molar-refractivity contribution >= 4 is 58.7 Å². The maximum atomic E-state index is 11.6. The molecule has 0 aliphatic carbocycles. The number of ketones is 2. The van der Waals surface area contributed by atoms with E-state index in [0.29, 0.717) is 10.6 Å². The number of hydrogen-bond acceptors (Lipinski definition) is 4. The van der Waals surface area contributed by atoms with E-state index >= 15 is 0 Å². The molecule has 92 valence electrons. The van der Waals surface area contributed by atoms with E-state index < -0.39 is 24.0 Å². The average molecular weight is 279 g/mol. The van der Waals surface area contributed by atoms with Gasteiger partial charge in [0.15, 0.2) is 5.78 Å². The minimum absolute atomic E-state index is 0. The van der Waals surface area contributed by atoms with Gasteiger partial charge in [-0.15, -0.1) is 0 Å². The summed E-state index contributed by atoms with van der Waals surface area (Å²) < 4.78 is 4.50. The Labute approximate surface area is 132 Å². The first-order chi connectivity index (χ1) is 8.04. The molecule has 1 rings (SSSR count). The van der Waals surface area contributed by atoms with Crippen LogP contribution in [0.4, 0.5) is 0 Å². The molecule has 0 radical (unpaired) electrons. The minimum atomic E-state index is -0.977. The Bertz CT molecular complexity index is 442. The molecule has 1 aromatic rings. The second-order valence-corrected chi connectivity index (χ2v) is 3.69. The molecule has 0 saturated carbocycles. The summed E-state index contributed by atoms with van der Waals surface area (Å²) in [6.07, 6.45) is -0.486. The molecule has 0 aliphatic rings. The van der Waals surface area contributed by atoms with Gasteiger partial charge in [0.25, 0.3) is 0 Å². The molecule has 0 fully saturated rings. The predicted octanol–water partition coefficient (Wildman–Crippen LogP) is 1.40. The van der Waals surface area contributed by atoms with Crippen molar-refractivity contribution in [1.29, 1.82) is 0 Å². The molecule has 0 atom stereocenters. The number of ether oxygens (including phenoxy) is 1. The fourth-order valence-corrected chi connectivity index (χ4v) is 1.29. The molecule has 4 nitrogen and oxygen atoms in total. The predicted molar refractivity (Wildman–Crippen MR) is 69.2 cm³/mol. The molecule has 1 aromatic carbocycles. The van der Waals surface area contributed by atoms with Crippen LogP contribution < -0.4 is 0 Å². The molecule has 0 unspecified atom stereocenters. The van der Waals surface area contributed by atoms with Crippen molar-refractivity contribution < 1.29 is 19.1 Å².